The largest absolute Gasteiger partial charge is 0.322 e. The van der Waals surface area contributed by atoms with E-state index in [2.05, 4.69) is 10.6 Å². The Morgan fingerprint density at radius 2 is 1.60 bits per heavy atom. The Kier molecular flexibility index (Phi) is 5.39. The summed E-state index contributed by atoms with van der Waals surface area (Å²) in [5.74, 6) is -0.395. The first-order valence-electron chi connectivity index (χ1n) is 7.70. The maximum absolute atomic E-state index is 12.1. The minimum absolute atomic E-state index is 0.164. The minimum Gasteiger partial charge on any atom is -0.322 e. The molecule has 2 aromatic carbocycles. The monoisotopic (exact) mass is 348 g/mol. The summed E-state index contributed by atoms with van der Waals surface area (Å²) in [7, 11) is 0. The molecule has 2 N–H and O–H groups in total. The van der Waals surface area contributed by atoms with Gasteiger partial charge in [-0.05, 0) is 41.3 Å². The van der Waals surface area contributed by atoms with Crippen molar-refractivity contribution >= 4 is 40.6 Å². The Bertz CT molecular complexity index is 887. The first kappa shape index (κ1) is 16.7. The van der Waals surface area contributed by atoms with Gasteiger partial charge in [-0.25, -0.2) is 0 Å². The van der Waals surface area contributed by atoms with Crippen molar-refractivity contribution in [1.82, 2.24) is 0 Å². The third-order valence-corrected chi connectivity index (χ3v) is 4.23. The van der Waals surface area contributed by atoms with E-state index in [0.29, 0.717) is 16.3 Å². The van der Waals surface area contributed by atoms with Crippen LogP contribution in [0.5, 0.6) is 0 Å². The quantitative estimate of drug-likeness (QED) is 0.659. The van der Waals surface area contributed by atoms with Crippen LogP contribution in [-0.4, -0.2) is 11.8 Å². The molecule has 5 heteroatoms. The predicted molar refractivity (Wildman–Crippen MR) is 103 cm³/mol. The van der Waals surface area contributed by atoms with Gasteiger partial charge in [-0.15, -0.1) is 11.3 Å². The highest BCUT2D eigenvalue weighted by atomic mass is 32.1. The zero-order valence-electron chi connectivity index (χ0n) is 13.3. The van der Waals surface area contributed by atoms with Crippen LogP contribution in [0.3, 0.4) is 0 Å². The first-order valence-corrected chi connectivity index (χ1v) is 8.58. The van der Waals surface area contributed by atoms with Crippen LogP contribution in [0.15, 0.2) is 78.2 Å². The van der Waals surface area contributed by atoms with Gasteiger partial charge >= 0.3 is 0 Å². The molecular formula is C20H16N2O2S. The summed E-state index contributed by atoms with van der Waals surface area (Å²) in [4.78, 5) is 24.7. The number of hydrogen-bond donors (Lipinski definition) is 2. The number of hydrogen-bond acceptors (Lipinski definition) is 3. The molecule has 0 aliphatic rings. The normalized spacial score (nSPS) is 10.6. The van der Waals surface area contributed by atoms with Gasteiger partial charge in [-0.3, -0.25) is 9.59 Å². The van der Waals surface area contributed by atoms with Crippen molar-refractivity contribution in [3.63, 3.8) is 0 Å². The van der Waals surface area contributed by atoms with Crippen molar-refractivity contribution in [3.05, 3.63) is 88.6 Å². The summed E-state index contributed by atoms with van der Waals surface area (Å²) in [6.45, 7) is 0. The number of rotatable bonds is 5. The summed E-state index contributed by atoms with van der Waals surface area (Å²) in [5.41, 5.74) is 2.20. The third kappa shape index (κ3) is 4.89. The zero-order valence-corrected chi connectivity index (χ0v) is 14.1. The van der Waals surface area contributed by atoms with Gasteiger partial charge in [0.1, 0.15) is 0 Å². The van der Waals surface area contributed by atoms with E-state index in [-0.39, 0.29) is 11.8 Å². The molecule has 0 saturated heterocycles. The Balaban J connectivity index is 1.62. The average Bonchev–Trinajstić information content (AvgIpc) is 3.16. The van der Waals surface area contributed by atoms with E-state index >= 15 is 0 Å². The molecule has 25 heavy (non-hydrogen) atoms. The van der Waals surface area contributed by atoms with Crippen LogP contribution in [0.1, 0.15) is 15.2 Å². The minimum atomic E-state index is -0.231. The molecule has 1 heterocycles. The Morgan fingerprint density at radius 1 is 0.840 bits per heavy atom. The molecule has 0 saturated carbocycles. The second kappa shape index (κ2) is 8.08. The van der Waals surface area contributed by atoms with Crippen molar-refractivity contribution in [2.75, 3.05) is 10.6 Å². The molecule has 0 bridgehead atoms. The lowest BCUT2D eigenvalue weighted by Crippen LogP contribution is -2.11. The van der Waals surface area contributed by atoms with Gasteiger partial charge in [0.25, 0.3) is 5.91 Å². The maximum atomic E-state index is 12.1. The molecule has 1 aromatic heterocycles. The molecule has 0 spiro atoms. The summed E-state index contributed by atoms with van der Waals surface area (Å²) >= 11 is 1.38. The first-order chi connectivity index (χ1) is 12.2. The lowest BCUT2D eigenvalue weighted by molar-refractivity contribution is -0.111. The van der Waals surface area contributed by atoms with Gasteiger partial charge in [0, 0.05) is 17.5 Å². The van der Waals surface area contributed by atoms with E-state index in [1.165, 1.54) is 17.4 Å². The highest BCUT2D eigenvalue weighted by Crippen LogP contribution is 2.17. The topological polar surface area (TPSA) is 58.2 Å². The number of nitrogens with one attached hydrogen (secondary N) is 2. The maximum Gasteiger partial charge on any atom is 0.265 e. The SMILES string of the molecule is O=C(/C=C/c1ccccc1)Nc1cccc(NC(=O)c2cccs2)c1. The molecule has 0 radical (unpaired) electrons. The number of benzene rings is 2. The summed E-state index contributed by atoms with van der Waals surface area (Å²) in [5, 5.41) is 7.46. The van der Waals surface area contributed by atoms with E-state index in [0.717, 1.165) is 5.56 Å². The number of carbonyl (C=O) groups excluding carboxylic acids is 2. The van der Waals surface area contributed by atoms with E-state index < -0.39 is 0 Å². The van der Waals surface area contributed by atoms with Crippen LogP contribution in [0.4, 0.5) is 11.4 Å². The molecule has 0 unspecified atom stereocenters. The van der Waals surface area contributed by atoms with Crippen molar-refractivity contribution < 1.29 is 9.59 Å². The highest BCUT2D eigenvalue weighted by Gasteiger charge is 2.07. The highest BCUT2D eigenvalue weighted by molar-refractivity contribution is 7.12. The number of thiophene rings is 1. The van der Waals surface area contributed by atoms with Crippen molar-refractivity contribution in [1.29, 1.82) is 0 Å². The molecule has 0 atom stereocenters. The summed E-state index contributed by atoms with van der Waals surface area (Å²) in [6.07, 6.45) is 3.23. The van der Waals surface area contributed by atoms with Crippen LogP contribution in [0.2, 0.25) is 0 Å². The molecule has 124 valence electrons. The Morgan fingerprint density at radius 3 is 2.32 bits per heavy atom. The molecule has 2 amide bonds. The molecular weight excluding hydrogens is 332 g/mol. The van der Waals surface area contributed by atoms with Gasteiger partial charge in [0.05, 0.1) is 4.88 Å². The standard InChI is InChI=1S/C20H16N2O2S/c23-19(12-11-15-6-2-1-3-7-15)21-16-8-4-9-17(14-16)22-20(24)18-10-5-13-25-18/h1-14H,(H,21,23)(H,22,24)/b12-11+. The average molecular weight is 348 g/mol. The van der Waals surface area contributed by atoms with Crippen LogP contribution in [0.25, 0.3) is 6.08 Å². The van der Waals surface area contributed by atoms with Crippen LogP contribution in [-0.2, 0) is 4.79 Å². The van der Waals surface area contributed by atoms with Gasteiger partial charge in [-0.2, -0.15) is 0 Å². The van der Waals surface area contributed by atoms with Crippen molar-refractivity contribution in [2.45, 2.75) is 0 Å². The molecule has 0 aliphatic heterocycles. The molecule has 4 nitrogen and oxygen atoms in total. The number of anilines is 2. The molecule has 0 fully saturated rings. The molecule has 3 aromatic rings. The summed E-state index contributed by atoms with van der Waals surface area (Å²) in [6, 6.07) is 20.2. The van der Waals surface area contributed by atoms with Crippen LogP contribution >= 0.6 is 11.3 Å². The lowest BCUT2D eigenvalue weighted by Gasteiger charge is -2.07. The number of amides is 2. The number of carbonyl (C=O) groups is 2. The molecule has 0 aliphatic carbocycles. The smallest absolute Gasteiger partial charge is 0.265 e. The van der Waals surface area contributed by atoms with Crippen LogP contribution < -0.4 is 10.6 Å². The fourth-order valence-corrected chi connectivity index (χ4v) is 2.81. The lowest BCUT2D eigenvalue weighted by atomic mass is 10.2. The van der Waals surface area contributed by atoms with Crippen molar-refractivity contribution in [2.24, 2.45) is 0 Å². The Hall–Kier alpha value is -3.18. The van der Waals surface area contributed by atoms with Gasteiger partial charge in [-0.1, -0.05) is 42.5 Å². The summed E-state index contributed by atoms with van der Waals surface area (Å²) < 4.78 is 0. The van der Waals surface area contributed by atoms with Crippen LogP contribution in [0, 0.1) is 0 Å². The van der Waals surface area contributed by atoms with Crippen molar-refractivity contribution in [3.8, 4) is 0 Å². The predicted octanol–water partition coefficient (Wildman–Crippen LogP) is 4.65. The van der Waals surface area contributed by atoms with Gasteiger partial charge in [0.15, 0.2) is 0 Å². The van der Waals surface area contributed by atoms with Gasteiger partial charge < -0.3 is 10.6 Å². The van der Waals surface area contributed by atoms with E-state index in [4.69, 9.17) is 0 Å². The fourth-order valence-electron chi connectivity index (χ4n) is 2.20. The third-order valence-electron chi connectivity index (χ3n) is 3.36. The second-order valence-corrected chi connectivity index (χ2v) is 6.19. The van der Waals surface area contributed by atoms with E-state index in [1.807, 2.05) is 41.8 Å². The zero-order chi connectivity index (χ0) is 17.5. The second-order valence-electron chi connectivity index (χ2n) is 5.25. The van der Waals surface area contributed by atoms with Gasteiger partial charge in [0.2, 0.25) is 5.91 Å². The van der Waals surface area contributed by atoms with E-state index in [9.17, 15) is 9.59 Å². The fraction of sp³-hybridized carbons (Fsp3) is 0. The molecule has 3 rings (SSSR count). The Labute approximate surface area is 149 Å². The van der Waals surface area contributed by atoms with E-state index in [1.54, 1.807) is 36.4 Å².